The third-order valence-corrected chi connectivity index (χ3v) is 5.46. The van der Waals surface area contributed by atoms with Crippen molar-refractivity contribution in [3.05, 3.63) is 72.4 Å². The van der Waals surface area contributed by atoms with E-state index in [1.54, 1.807) is 38.9 Å². The number of fused-ring (bicyclic) bond motifs is 1. The van der Waals surface area contributed by atoms with Gasteiger partial charge in [0.05, 0.1) is 39.9 Å². The molecule has 7 heteroatoms. The molecule has 0 aliphatic rings. The van der Waals surface area contributed by atoms with Gasteiger partial charge in [0, 0.05) is 28.7 Å². The third kappa shape index (κ3) is 4.78. The Labute approximate surface area is 197 Å². The molecule has 7 nitrogen and oxygen atoms in total. The summed E-state index contributed by atoms with van der Waals surface area (Å²) >= 11 is 0. The number of nitrogens with one attached hydrogen (secondary N) is 1. The number of rotatable bonds is 9. The molecule has 2 aromatic heterocycles. The first-order valence-corrected chi connectivity index (χ1v) is 10.9. The lowest BCUT2D eigenvalue weighted by Crippen LogP contribution is -2.20. The molecule has 0 saturated heterocycles. The molecule has 34 heavy (non-hydrogen) atoms. The lowest BCUT2D eigenvalue weighted by molar-refractivity contribution is -0.116. The van der Waals surface area contributed by atoms with E-state index in [9.17, 15) is 4.79 Å². The Morgan fingerprint density at radius 3 is 2.56 bits per heavy atom. The molecule has 1 N–H and O–H groups in total. The molecule has 0 bridgehead atoms. The summed E-state index contributed by atoms with van der Waals surface area (Å²) in [4.78, 5) is 12.5. The highest BCUT2D eigenvalue weighted by Crippen LogP contribution is 2.40. The molecule has 0 saturated carbocycles. The summed E-state index contributed by atoms with van der Waals surface area (Å²) in [7, 11) is 3.21. The quantitative estimate of drug-likeness (QED) is 0.316. The highest BCUT2D eigenvalue weighted by molar-refractivity contribution is 6.00. The van der Waals surface area contributed by atoms with Gasteiger partial charge in [-0.1, -0.05) is 6.07 Å². The van der Waals surface area contributed by atoms with Crippen LogP contribution in [0.5, 0.6) is 17.2 Å². The number of benzene rings is 2. The number of allylic oxidation sites excluding steroid dienone is 1. The average molecular weight is 462 g/mol. The van der Waals surface area contributed by atoms with Crippen LogP contribution in [0.2, 0.25) is 0 Å². The van der Waals surface area contributed by atoms with Crippen LogP contribution in [0.15, 0.2) is 69.9 Å². The number of methoxy groups -OCH3 is 2. The van der Waals surface area contributed by atoms with E-state index >= 15 is 0 Å². The van der Waals surface area contributed by atoms with E-state index in [4.69, 9.17) is 23.0 Å². The van der Waals surface area contributed by atoms with Crippen molar-refractivity contribution in [1.82, 2.24) is 5.32 Å². The lowest BCUT2D eigenvalue weighted by Gasteiger charge is -2.12. The molecule has 0 unspecified atom stereocenters. The van der Waals surface area contributed by atoms with Gasteiger partial charge in [-0.15, -0.1) is 0 Å². The number of ether oxygens (including phenoxy) is 3. The van der Waals surface area contributed by atoms with Crippen LogP contribution in [0, 0.1) is 0 Å². The van der Waals surface area contributed by atoms with Crippen LogP contribution < -0.4 is 19.5 Å². The standard InChI is InChI=1S/C27H27NO6/c1-5-32-24-14-25-21(22(16-34-25)18-8-9-23(30-3)26(12-18)31-4)13-20(24)17(2)11-27(29)28-15-19-7-6-10-33-19/h6-14,16H,5,15H2,1-4H3,(H,28,29)/b17-11+. The summed E-state index contributed by atoms with van der Waals surface area (Å²) in [6, 6.07) is 13.2. The van der Waals surface area contributed by atoms with Gasteiger partial charge in [0.25, 0.3) is 0 Å². The maximum atomic E-state index is 12.5. The molecule has 0 atom stereocenters. The Morgan fingerprint density at radius 2 is 1.85 bits per heavy atom. The predicted octanol–water partition coefficient (Wildman–Crippen LogP) is 5.83. The Kier molecular flexibility index (Phi) is 6.92. The van der Waals surface area contributed by atoms with Gasteiger partial charge in [0.2, 0.25) is 5.91 Å². The molecule has 4 aromatic rings. The summed E-state index contributed by atoms with van der Waals surface area (Å²) in [5.74, 6) is 2.40. The van der Waals surface area contributed by atoms with Crippen LogP contribution >= 0.6 is 0 Å². The van der Waals surface area contributed by atoms with Gasteiger partial charge >= 0.3 is 0 Å². The zero-order chi connectivity index (χ0) is 24.1. The normalized spacial score (nSPS) is 11.5. The Bertz CT molecular complexity index is 1320. The van der Waals surface area contributed by atoms with Crippen LogP contribution in [0.1, 0.15) is 25.2 Å². The predicted molar refractivity (Wildman–Crippen MR) is 130 cm³/mol. The van der Waals surface area contributed by atoms with Crippen molar-refractivity contribution < 1.29 is 27.8 Å². The minimum Gasteiger partial charge on any atom is -0.493 e. The molecule has 0 radical (unpaired) electrons. The van der Waals surface area contributed by atoms with E-state index in [2.05, 4.69) is 5.32 Å². The maximum absolute atomic E-state index is 12.5. The highest BCUT2D eigenvalue weighted by atomic mass is 16.5. The second-order valence-electron chi connectivity index (χ2n) is 7.62. The van der Waals surface area contributed by atoms with E-state index in [1.165, 1.54) is 0 Å². The fraction of sp³-hybridized carbons (Fsp3) is 0.222. The molecular weight excluding hydrogens is 434 g/mol. The third-order valence-electron chi connectivity index (χ3n) is 5.46. The van der Waals surface area contributed by atoms with E-state index < -0.39 is 0 Å². The number of hydrogen-bond donors (Lipinski definition) is 1. The zero-order valence-electron chi connectivity index (χ0n) is 19.6. The van der Waals surface area contributed by atoms with Gasteiger partial charge in [0.1, 0.15) is 17.1 Å². The minimum absolute atomic E-state index is 0.219. The molecule has 0 fully saturated rings. The lowest BCUT2D eigenvalue weighted by atomic mass is 9.99. The fourth-order valence-electron chi connectivity index (χ4n) is 3.78. The van der Waals surface area contributed by atoms with E-state index in [1.807, 2.05) is 50.2 Å². The summed E-state index contributed by atoms with van der Waals surface area (Å²) in [5, 5.41) is 3.73. The second-order valence-corrected chi connectivity index (χ2v) is 7.62. The highest BCUT2D eigenvalue weighted by Gasteiger charge is 2.16. The number of carbonyl (C=O) groups is 1. The Morgan fingerprint density at radius 1 is 1.03 bits per heavy atom. The monoisotopic (exact) mass is 461 g/mol. The van der Waals surface area contributed by atoms with Crippen LogP contribution in [-0.4, -0.2) is 26.7 Å². The molecule has 0 aliphatic heterocycles. The average Bonchev–Trinajstić information content (AvgIpc) is 3.51. The minimum atomic E-state index is -0.219. The first-order valence-electron chi connectivity index (χ1n) is 10.9. The first-order chi connectivity index (χ1) is 16.5. The zero-order valence-corrected chi connectivity index (χ0v) is 19.6. The summed E-state index contributed by atoms with van der Waals surface area (Å²) in [5.41, 5.74) is 4.08. The van der Waals surface area contributed by atoms with E-state index in [-0.39, 0.29) is 5.91 Å². The van der Waals surface area contributed by atoms with Crippen molar-refractivity contribution in [2.24, 2.45) is 0 Å². The molecule has 2 heterocycles. The Hall–Kier alpha value is -4.13. The van der Waals surface area contributed by atoms with Gasteiger partial charge in [-0.25, -0.2) is 0 Å². The van der Waals surface area contributed by atoms with Crippen LogP contribution in [0.4, 0.5) is 0 Å². The molecule has 0 aliphatic carbocycles. The number of furan rings is 2. The summed E-state index contributed by atoms with van der Waals surface area (Å²) in [6.45, 7) is 4.60. The fourth-order valence-corrected chi connectivity index (χ4v) is 3.78. The smallest absolute Gasteiger partial charge is 0.244 e. The van der Waals surface area contributed by atoms with Gasteiger partial charge in [0.15, 0.2) is 11.5 Å². The maximum Gasteiger partial charge on any atom is 0.244 e. The van der Waals surface area contributed by atoms with E-state index in [0.717, 1.165) is 27.6 Å². The van der Waals surface area contributed by atoms with Gasteiger partial charge < -0.3 is 28.4 Å². The van der Waals surface area contributed by atoms with Crippen LogP contribution in [0.3, 0.4) is 0 Å². The largest absolute Gasteiger partial charge is 0.493 e. The molecule has 4 rings (SSSR count). The number of amides is 1. The van der Waals surface area contributed by atoms with Gasteiger partial charge in [-0.3, -0.25) is 4.79 Å². The van der Waals surface area contributed by atoms with E-state index in [0.29, 0.717) is 41.7 Å². The van der Waals surface area contributed by atoms with Crippen molar-refractivity contribution in [3.63, 3.8) is 0 Å². The molecular formula is C27H27NO6. The SMILES string of the molecule is CCOc1cc2occ(-c3ccc(OC)c(OC)c3)c2cc1/C(C)=C/C(=O)NCc1ccco1. The van der Waals surface area contributed by atoms with Crippen molar-refractivity contribution >= 4 is 22.4 Å². The number of carbonyl (C=O) groups excluding carboxylic acids is 1. The van der Waals surface area contributed by atoms with Crippen molar-refractivity contribution in [2.45, 2.75) is 20.4 Å². The first kappa shape index (κ1) is 23.0. The second kappa shape index (κ2) is 10.2. The summed E-state index contributed by atoms with van der Waals surface area (Å²) < 4.78 is 27.8. The van der Waals surface area contributed by atoms with Gasteiger partial charge in [-0.05, 0) is 55.3 Å². The number of hydrogen-bond acceptors (Lipinski definition) is 6. The Balaban J connectivity index is 1.71. The van der Waals surface area contributed by atoms with Crippen LogP contribution in [-0.2, 0) is 11.3 Å². The summed E-state index contributed by atoms with van der Waals surface area (Å²) in [6.07, 6.45) is 4.84. The molecule has 0 spiro atoms. The van der Waals surface area contributed by atoms with Crippen molar-refractivity contribution in [3.8, 4) is 28.4 Å². The molecule has 2 aromatic carbocycles. The van der Waals surface area contributed by atoms with Crippen LogP contribution in [0.25, 0.3) is 27.7 Å². The van der Waals surface area contributed by atoms with Gasteiger partial charge in [-0.2, -0.15) is 0 Å². The van der Waals surface area contributed by atoms with Crippen molar-refractivity contribution in [2.75, 3.05) is 20.8 Å². The topological polar surface area (TPSA) is 83.1 Å². The van der Waals surface area contributed by atoms with Crippen molar-refractivity contribution in [1.29, 1.82) is 0 Å². The molecule has 176 valence electrons. The molecule has 1 amide bonds.